The molecule has 0 spiro atoms. The quantitative estimate of drug-likeness (QED) is 0.697. The van der Waals surface area contributed by atoms with E-state index in [0.29, 0.717) is 13.0 Å². The summed E-state index contributed by atoms with van der Waals surface area (Å²) >= 11 is 0. The van der Waals surface area contributed by atoms with E-state index < -0.39 is 24.9 Å². The zero-order chi connectivity index (χ0) is 11.8. The maximum Gasteiger partial charge on any atom is 0.267 e. The van der Waals surface area contributed by atoms with Crippen LogP contribution in [-0.2, 0) is 4.79 Å². The van der Waals surface area contributed by atoms with Crippen LogP contribution >= 0.6 is 0 Å². The summed E-state index contributed by atoms with van der Waals surface area (Å²) in [4.78, 5) is 13.1. The molecule has 92 valence electrons. The van der Waals surface area contributed by atoms with Crippen molar-refractivity contribution in [1.29, 1.82) is 0 Å². The molecule has 0 aromatic rings. The topological polar surface area (TPSA) is 52.6 Å². The summed E-state index contributed by atoms with van der Waals surface area (Å²) in [6.07, 6.45) is 0.272. The molecule has 1 amide bonds. The van der Waals surface area contributed by atoms with Crippen LogP contribution in [0.25, 0.3) is 0 Å². The van der Waals surface area contributed by atoms with Gasteiger partial charge in [0.2, 0.25) is 5.91 Å². The minimum atomic E-state index is -2.85. The number of carbonyl (C=O) groups excluding carboxylic acids is 1. The van der Waals surface area contributed by atoms with Gasteiger partial charge < -0.3 is 15.3 Å². The highest BCUT2D eigenvalue weighted by Crippen LogP contribution is 2.33. The first kappa shape index (κ1) is 11.7. The standard InChI is InChI=1S/C10H16F2N2O2/c11-10(12)3-8(5-15)14(6-10)9(16)7-1-2-13-4-7/h7-8,13,15H,1-6H2/t7-,8-/m0/s1. The zero-order valence-electron chi connectivity index (χ0n) is 8.96. The van der Waals surface area contributed by atoms with Crippen LogP contribution in [0.4, 0.5) is 8.78 Å². The van der Waals surface area contributed by atoms with Crippen LogP contribution in [0.15, 0.2) is 0 Å². The number of nitrogens with one attached hydrogen (secondary N) is 1. The summed E-state index contributed by atoms with van der Waals surface area (Å²) in [6.45, 7) is 0.374. The van der Waals surface area contributed by atoms with Crippen molar-refractivity contribution in [3.05, 3.63) is 0 Å². The second-order valence-electron chi connectivity index (χ2n) is 4.55. The second kappa shape index (κ2) is 4.25. The first-order valence-electron chi connectivity index (χ1n) is 5.53. The highest BCUT2D eigenvalue weighted by atomic mass is 19.3. The van der Waals surface area contributed by atoms with Crippen LogP contribution in [-0.4, -0.2) is 54.1 Å². The van der Waals surface area contributed by atoms with E-state index in [1.165, 1.54) is 0 Å². The minimum Gasteiger partial charge on any atom is -0.394 e. The van der Waals surface area contributed by atoms with Gasteiger partial charge in [0.25, 0.3) is 5.92 Å². The molecule has 0 aliphatic carbocycles. The number of rotatable bonds is 2. The summed E-state index contributed by atoms with van der Waals surface area (Å²) in [5, 5.41) is 12.1. The van der Waals surface area contributed by atoms with Gasteiger partial charge in [-0.25, -0.2) is 8.78 Å². The Labute approximate surface area is 92.6 Å². The van der Waals surface area contributed by atoms with Gasteiger partial charge in [-0.3, -0.25) is 4.79 Å². The summed E-state index contributed by atoms with van der Waals surface area (Å²) < 4.78 is 26.3. The van der Waals surface area contributed by atoms with Gasteiger partial charge >= 0.3 is 0 Å². The van der Waals surface area contributed by atoms with E-state index in [1.807, 2.05) is 0 Å². The predicted molar refractivity (Wildman–Crippen MR) is 53.1 cm³/mol. The first-order valence-corrected chi connectivity index (χ1v) is 5.53. The number of aliphatic hydroxyl groups excluding tert-OH is 1. The molecule has 0 aromatic heterocycles. The third kappa shape index (κ3) is 2.17. The first-order chi connectivity index (χ1) is 7.53. The van der Waals surface area contributed by atoms with Gasteiger partial charge in [0.1, 0.15) is 0 Å². The summed E-state index contributed by atoms with van der Waals surface area (Å²) in [5.74, 6) is -3.31. The van der Waals surface area contributed by atoms with Gasteiger partial charge in [0.05, 0.1) is 25.1 Å². The molecule has 0 radical (unpaired) electrons. The molecule has 2 rings (SSSR count). The van der Waals surface area contributed by atoms with Crippen molar-refractivity contribution in [3.8, 4) is 0 Å². The number of amides is 1. The minimum absolute atomic E-state index is 0.206. The van der Waals surface area contributed by atoms with E-state index in [0.717, 1.165) is 11.4 Å². The molecule has 2 fully saturated rings. The van der Waals surface area contributed by atoms with E-state index in [9.17, 15) is 13.6 Å². The fourth-order valence-electron chi connectivity index (χ4n) is 2.42. The Bertz CT molecular complexity index is 280. The van der Waals surface area contributed by atoms with Crippen LogP contribution in [0.5, 0.6) is 0 Å². The normalized spacial score (nSPS) is 33.3. The van der Waals surface area contributed by atoms with Crippen LogP contribution in [0.2, 0.25) is 0 Å². The summed E-state index contributed by atoms with van der Waals surface area (Å²) in [7, 11) is 0. The Morgan fingerprint density at radius 3 is 2.88 bits per heavy atom. The Kier molecular flexibility index (Phi) is 3.12. The lowest BCUT2D eigenvalue weighted by atomic mass is 10.1. The zero-order valence-corrected chi connectivity index (χ0v) is 8.96. The predicted octanol–water partition coefficient (Wildman–Crippen LogP) is -0.176. The molecule has 0 saturated carbocycles. The Hall–Kier alpha value is -0.750. The van der Waals surface area contributed by atoms with Crippen molar-refractivity contribution in [2.75, 3.05) is 26.2 Å². The van der Waals surface area contributed by atoms with Crippen LogP contribution < -0.4 is 5.32 Å². The van der Waals surface area contributed by atoms with Crippen molar-refractivity contribution in [2.24, 2.45) is 5.92 Å². The molecule has 2 saturated heterocycles. The van der Waals surface area contributed by atoms with Gasteiger partial charge in [-0.05, 0) is 13.0 Å². The van der Waals surface area contributed by atoms with E-state index in [4.69, 9.17) is 5.11 Å². The fourth-order valence-corrected chi connectivity index (χ4v) is 2.42. The Balaban J connectivity index is 2.04. The van der Waals surface area contributed by atoms with E-state index in [1.54, 1.807) is 0 Å². The number of halogens is 2. The van der Waals surface area contributed by atoms with Gasteiger partial charge in [-0.2, -0.15) is 0 Å². The third-order valence-electron chi connectivity index (χ3n) is 3.28. The average Bonchev–Trinajstić information content (AvgIpc) is 2.83. The number of aliphatic hydroxyl groups is 1. The number of nitrogens with zero attached hydrogens (tertiary/aromatic N) is 1. The maximum atomic E-state index is 13.2. The lowest BCUT2D eigenvalue weighted by molar-refractivity contribution is -0.137. The monoisotopic (exact) mass is 234 g/mol. The third-order valence-corrected chi connectivity index (χ3v) is 3.28. The molecule has 16 heavy (non-hydrogen) atoms. The summed E-state index contributed by atoms with van der Waals surface area (Å²) in [5.41, 5.74) is 0. The van der Waals surface area contributed by atoms with Crippen LogP contribution in [0.3, 0.4) is 0 Å². The highest BCUT2D eigenvalue weighted by Gasteiger charge is 2.47. The number of alkyl halides is 2. The van der Waals surface area contributed by atoms with Crippen molar-refractivity contribution < 1.29 is 18.7 Å². The number of hydrogen-bond acceptors (Lipinski definition) is 3. The van der Waals surface area contributed by atoms with Crippen molar-refractivity contribution >= 4 is 5.91 Å². The molecular weight excluding hydrogens is 218 g/mol. The molecule has 6 heteroatoms. The van der Waals surface area contributed by atoms with E-state index in [-0.39, 0.29) is 18.4 Å². The molecule has 2 atom stereocenters. The van der Waals surface area contributed by atoms with E-state index in [2.05, 4.69) is 5.32 Å². The average molecular weight is 234 g/mol. The van der Waals surface area contributed by atoms with Crippen LogP contribution in [0, 0.1) is 5.92 Å². The highest BCUT2D eigenvalue weighted by molar-refractivity contribution is 5.80. The van der Waals surface area contributed by atoms with Crippen molar-refractivity contribution in [1.82, 2.24) is 10.2 Å². The van der Waals surface area contributed by atoms with Gasteiger partial charge in [-0.1, -0.05) is 0 Å². The van der Waals surface area contributed by atoms with E-state index >= 15 is 0 Å². The number of hydrogen-bond donors (Lipinski definition) is 2. The Morgan fingerprint density at radius 1 is 1.56 bits per heavy atom. The maximum absolute atomic E-state index is 13.2. The molecule has 2 aliphatic heterocycles. The fraction of sp³-hybridized carbons (Fsp3) is 0.900. The lowest BCUT2D eigenvalue weighted by Gasteiger charge is -2.25. The molecule has 0 bridgehead atoms. The smallest absolute Gasteiger partial charge is 0.267 e. The van der Waals surface area contributed by atoms with Gasteiger partial charge in [0, 0.05) is 13.0 Å². The molecule has 2 heterocycles. The number of likely N-dealkylation sites (tertiary alicyclic amines) is 1. The Morgan fingerprint density at radius 2 is 2.31 bits per heavy atom. The number of carbonyl (C=O) groups is 1. The molecule has 4 nitrogen and oxygen atoms in total. The van der Waals surface area contributed by atoms with Crippen molar-refractivity contribution in [2.45, 2.75) is 24.8 Å². The molecule has 2 aliphatic rings. The van der Waals surface area contributed by atoms with Crippen LogP contribution in [0.1, 0.15) is 12.8 Å². The molecule has 0 aromatic carbocycles. The largest absolute Gasteiger partial charge is 0.394 e. The second-order valence-corrected chi connectivity index (χ2v) is 4.55. The van der Waals surface area contributed by atoms with Gasteiger partial charge in [0.15, 0.2) is 0 Å². The van der Waals surface area contributed by atoms with Gasteiger partial charge in [-0.15, -0.1) is 0 Å². The molecule has 0 unspecified atom stereocenters. The molecule has 2 N–H and O–H groups in total. The molecular formula is C10H16F2N2O2. The lowest BCUT2D eigenvalue weighted by Crippen LogP contribution is -2.42. The summed E-state index contributed by atoms with van der Waals surface area (Å²) in [6, 6.07) is -0.719. The SMILES string of the molecule is O=C([C@H]1CCNC1)N1CC(F)(F)C[C@H]1CO. The van der Waals surface area contributed by atoms with Crippen molar-refractivity contribution in [3.63, 3.8) is 0 Å².